The molecule has 0 bridgehead atoms. The molecule has 0 atom stereocenters. The summed E-state index contributed by atoms with van der Waals surface area (Å²) < 4.78 is 28.8. The topological polar surface area (TPSA) is 66.5 Å². The van der Waals surface area contributed by atoms with E-state index in [0.717, 1.165) is 15.6 Å². The summed E-state index contributed by atoms with van der Waals surface area (Å²) in [5.41, 5.74) is 1.61. The first-order valence-electron chi connectivity index (χ1n) is 8.72. The van der Waals surface area contributed by atoms with E-state index in [-0.39, 0.29) is 10.8 Å². The number of benzene rings is 2. The molecule has 0 aliphatic rings. The van der Waals surface area contributed by atoms with Gasteiger partial charge >= 0.3 is 0 Å². The first-order valence-corrected chi connectivity index (χ1v) is 11.0. The lowest BCUT2D eigenvalue weighted by Crippen LogP contribution is -2.31. The molecule has 1 heterocycles. The van der Waals surface area contributed by atoms with Crippen molar-refractivity contribution in [2.75, 3.05) is 17.9 Å². The number of rotatable bonds is 6. The van der Waals surface area contributed by atoms with E-state index in [2.05, 4.69) is 5.32 Å². The lowest BCUT2D eigenvalue weighted by molar-refractivity contribution is 0.0967. The predicted octanol–water partition coefficient (Wildman–Crippen LogP) is 4.17. The average molecular weight is 403 g/mol. The molecule has 0 aliphatic heterocycles. The zero-order valence-electron chi connectivity index (χ0n) is 15.5. The zero-order valence-corrected chi connectivity index (χ0v) is 17.2. The normalized spacial score (nSPS) is 11.5. The molecule has 3 aromatic rings. The largest absolute Gasteiger partial charge is 0.354 e. The van der Waals surface area contributed by atoms with Gasteiger partial charge in [-0.25, -0.2) is 8.42 Å². The van der Waals surface area contributed by atoms with E-state index in [1.165, 1.54) is 15.6 Å². The molecular weight excluding hydrogens is 380 g/mol. The smallest absolute Gasteiger partial charge is 0.264 e. The SMILES string of the molecule is CCCN(c1ccc2sc(C(=O)NC)cc2c1)S(=O)(=O)c1ccc(C)cc1. The van der Waals surface area contributed by atoms with Gasteiger partial charge in [0.25, 0.3) is 15.9 Å². The number of thiophene rings is 1. The Balaban J connectivity index is 2.06. The highest BCUT2D eigenvalue weighted by atomic mass is 32.2. The summed E-state index contributed by atoms with van der Waals surface area (Å²) in [5, 5.41) is 3.47. The quantitative estimate of drug-likeness (QED) is 0.673. The minimum atomic E-state index is -3.66. The van der Waals surface area contributed by atoms with E-state index in [1.54, 1.807) is 43.4 Å². The number of aryl methyl sites for hydroxylation is 1. The van der Waals surface area contributed by atoms with Gasteiger partial charge in [0.1, 0.15) is 0 Å². The van der Waals surface area contributed by atoms with E-state index in [1.807, 2.05) is 26.0 Å². The Morgan fingerprint density at radius 2 is 1.81 bits per heavy atom. The second-order valence-corrected chi connectivity index (χ2v) is 9.25. The lowest BCUT2D eigenvalue weighted by Gasteiger charge is -2.24. The Morgan fingerprint density at radius 1 is 1.11 bits per heavy atom. The van der Waals surface area contributed by atoms with Crippen molar-refractivity contribution < 1.29 is 13.2 Å². The Bertz CT molecular complexity index is 1070. The van der Waals surface area contributed by atoms with Crippen molar-refractivity contribution >= 4 is 43.0 Å². The number of hydrogen-bond donors (Lipinski definition) is 1. The van der Waals surface area contributed by atoms with Crippen molar-refractivity contribution in [2.45, 2.75) is 25.2 Å². The fourth-order valence-electron chi connectivity index (χ4n) is 2.85. The van der Waals surface area contributed by atoms with Gasteiger partial charge < -0.3 is 5.32 Å². The lowest BCUT2D eigenvalue weighted by atomic mass is 10.2. The van der Waals surface area contributed by atoms with Crippen LogP contribution in [0.15, 0.2) is 53.4 Å². The predicted molar refractivity (Wildman–Crippen MR) is 111 cm³/mol. The summed E-state index contributed by atoms with van der Waals surface area (Å²) in [7, 11) is -2.07. The highest BCUT2D eigenvalue weighted by Gasteiger charge is 2.24. The van der Waals surface area contributed by atoms with Gasteiger partial charge in [0.2, 0.25) is 0 Å². The molecule has 2 aromatic carbocycles. The average Bonchev–Trinajstić information content (AvgIpc) is 3.09. The van der Waals surface area contributed by atoms with Crippen molar-refractivity contribution in [1.82, 2.24) is 5.32 Å². The molecule has 0 unspecified atom stereocenters. The van der Waals surface area contributed by atoms with Crippen molar-refractivity contribution in [3.05, 3.63) is 59.0 Å². The Labute approximate surface area is 163 Å². The van der Waals surface area contributed by atoms with E-state index in [9.17, 15) is 13.2 Å². The molecule has 0 saturated carbocycles. The van der Waals surface area contributed by atoms with Crippen LogP contribution in [-0.2, 0) is 10.0 Å². The van der Waals surface area contributed by atoms with Crippen LogP contribution in [0, 0.1) is 6.92 Å². The molecular formula is C20H22N2O3S2. The van der Waals surface area contributed by atoms with Crippen LogP contribution >= 0.6 is 11.3 Å². The molecule has 1 N–H and O–H groups in total. The Kier molecular flexibility index (Phi) is 5.53. The minimum absolute atomic E-state index is 0.143. The molecule has 0 saturated heterocycles. The second-order valence-electron chi connectivity index (χ2n) is 6.30. The molecule has 0 radical (unpaired) electrons. The monoisotopic (exact) mass is 402 g/mol. The molecule has 1 amide bonds. The summed E-state index contributed by atoms with van der Waals surface area (Å²) in [6.07, 6.45) is 0.691. The number of sulfonamides is 1. The first-order chi connectivity index (χ1) is 12.9. The molecule has 0 spiro atoms. The summed E-state index contributed by atoms with van der Waals surface area (Å²) in [6.45, 7) is 4.26. The number of carbonyl (C=O) groups is 1. The van der Waals surface area contributed by atoms with Crippen molar-refractivity contribution in [3.8, 4) is 0 Å². The van der Waals surface area contributed by atoms with Crippen LogP contribution in [0.5, 0.6) is 0 Å². The standard InChI is InChI=1S/C20H22N2O3S2/c1-4-11-22(27(24,25)17-8-5-14(2)6-9-17)16-7-10-18-15(12-16)13-19(26-18)20(23)21-3/h5-10,12-13H,4,11H2,1-3H3,(H,21,23). The first kappa shape index (κ1) is 19.4. The van der Waals surface area contributed by atoms with Gasteiger partial charge in [0.05, 0.1) is 15.5 Å². The van der Waals surface area contributed by atoms with Crippen LogP contribution in [0.25, 0.3) is 10.1 Å². The van der Waals surface area contributed by atoms with Gasteiger partial charge in [-0.3, -0.25) is 9.10 Å². The van der Waals surface area contributed by atoms with Crippen LogP contribution < -0.4 is 9.62 Å². The van der Waals surface area contributed by atoms with Gasteiger partial charge in [-0.2, -0.15) is 0 Å². The fourth-order valence-corrected chi connectivity index (χ4v) is 5.39. The molecule has 0 fully saturated rings. The number of carbonyl (C=O) groups excluding carboxylic acids is 1. The summed E-state index contributed by atoms with van der Waals surface area (Å²) in [5.74, 6) is -0.143. The number of hydrogen-bond acceptors (Lipinski definition) is 4. The van der Waals surface area contributed by atoms with Gasteiger partial charge in [-0.1, -0.05) is 24.6 Å². The van der Waals surface area contributed by atoms with Gasteiger partial charge in [-0.15, -0.1) is 11.3 Å². The summed E-state index contributed by atoms with van der Waals surface area (Å²) >= 11 is 1.39. The van der Waals surface area contributed by atoms with Crippen molar-refractivity contribution in [3.63, 3.8) is 0 Å². The van der Waals surface area contributed by atoms with E-state index in [0.29, 0.717) is 23.5 Å². The maximum atomic E-state index is 13.2. The van der Waals surface area contributed by atoms with Crippen LogP contribution in [0.2, 0.25) is 0 Å². The molecule has 0 aliphatic carbocycles. The number of nitrogens with one attached hydrogen (secondary N) is 1. The maximum Gasteiger partial charge on any atom is 0.264 e. The van der Waals surface area contributed by atoms with E-state index < -0.39 is 10.0 Å². The van der Waals surface area contributed by atoms with Crippen LogP contribution in [0.3, 0.4) is 0 Å². The second kappa shape index (κ2) is 7.70. The number of fused-ring (bicyclic) bond motifs is 1. The molecule has 1 aromatic heterocycles. The number of nitrogens with zero attached hydrogens (tertiary/aromatic N) is 1. The Hall–Kier alpha value is -2.38. The number of anilines is 1. The van der Waals surface area contributed by atoms with Crippen molar-refractivity contribution in [1.29, 1.82) is 0 Å². The molecule has 3 rings (SSSR count). The highest BCUT2D eigenvalue weighted by Crippen LogP contribution is 2.32. The van der Waals surface area contributed by atoms with Gasteiger partial charge in [-0.05, 0) is 55.1 Å². The molecule has 7 heteroatoms. The minimum Gasteiger partial charge on any atom is -0.354 e. The van der Waals surface area contributed by atoms with Crippen LogP contribution in [0.1, 0.15) is 28.6 Å². The Morgan fingerprint density at radius 3 is 2.44 bits per heavy atom. The maximum absolute atomic E-state index is 13.2. The third-order valence-corrected chi connectivity index (χ3v) is 7.23. The molecule has 5 nitrogen and oxygen atoms in total. The molecule has 27 heavy (non-hydrogen) atoms. The molecule has 142 valence electrons. The summed E-state index contributed by atoms with van der Waals surface area (Å²) in [6, 6.07) is 14.2. The van der Waals surface area contributed by atoms with E-state index >= 15 is 0 Å². The van der Waals surface area contributed by atoms with Crippen LogP contribution in [0.4, 0.5) is 5.69 Å². The highest BCUT2D eigenvalue weighted by molar-refractivity contribution is 7.92. The fraction of sp³-hybridized carbons (Fsp3) is 0.250. The summed E-state index contributed by atoms with van der Waals surface area (Å²) in [4.78, 5) is 12.7. The van der Waals surface area contributed by atoms with Crippen LogP contribution in [-0.4, -0.2) is 27.9 Å². The van der Waals surface area contributed by atoms with Gasteiger partial charge in [0.15, 0.2) is 0 Å². The van der Waals surface area contributed by atoms with Gasteiger partial charge in [0, 0.05) is 18.3 Å². The number of amides is 1. The third kappa shape index (κ3) is 3.84. The van der Waals surface area contributed by atoms with E-state index in [4.69, 9.17) is 0 Å². The third-order valence-electron chi connectivity index (χ3n) is 4.27. The van der Waals surface area contributed by atoms with Crippen molar-refractivity contribution in [2.24, 2.45) is 0 Å². The zero-order chi connectivity index (χ0) is 19.6.